The van der Waals surface area contributed by atoms with Crippen molar-refractivity contribution in [2.24, 2.45) is 23.7 Å². The maximum absolute atomic E-state index is 11.8. The average Bonchev–Trinajstić information content (AvgIpc) is 2.75. The van der Waals surface area contributed by atoms with E-state index in [9.17, 15) is 9.90 Å². The molecule has 0 amide bonds. The number of carbonyl (C=O) groups is 1. The average molecular weight is 458 g/mol. The number of rotatable bonds is 6. The molecule has 2 aliphatic carbocycles. The fourth-order valence-electron chi connectivity index (χ4n) is 6.20. The molecule has 1 fully saturated rings. The molecule has 7 atom stereocenters. The normalized spacial score (nSPS) is 34.3. The molecule has 3 aliphatic rings. The first-order chi connectivity index (χ1) is 15.7. The molecule has 0 radical (unpaired) electrons. The topological polar surface area (TPSA) is 68.2 Å². The van der Waals surface area contributed by atoms with E-state index < -0.39 is 5.60 Å². The van der Waals surface area contributed by atoms with E-state index in [0.29, 0.717) is 24.9 Å². The van der Waals surface area contributed by atoms with Crippen LogP contribution in [0.4, 0.5) is 0 Å². The van der Waals surface area contributed by atoms with Gasteiger partial charge in [0.1, 0.15) is 18.8 Å². The lowest BCUT2D eigenvalue weighted by molar-refractivity contribution is -0.159. The van der Waals surface area contributed by atoms with Crippen molar-refractivity contribution < 1.29 is 24.1 Å². The Kier molecular flexibility index (Phi) is 7.06. The van der Waals surface area contributed by atoms with Gasteiger partial charge in [0, 0.05) is 32.4 Å². The van der Waals surface area contributed by atoms with E-state index >= 15 is 0 Å². The predicted molar refractivity (Wildman–Crippen MR) is 127 cm³/mol. The van der Waals surface area contributed by atoms with Gasteiger partial charge in [0.2, 0.25) is 0 Å². The van der Waals surface area contributed by atoms with Gasteiger partial charge < -0.3 is 24.2 Å². The van der Waals surface area contributed by atoms with Crippen LogP contribution in [0.5, 0.6) is 11.5 Å². The molecule has 1 aromatic carbocycles. The van der Waals surface area contributed by atoms with Crippen LogP contribution >= 0.6 is 0 Å². The Bertz CT molecular complexity index is 885. The second kappa shape index (κ2) is 9.67. The maximum Gasteiger partial charge on any atom is 0.303 e. The van der Waals surface area contributed by atoms with Crippen molar-refractivity contribution in [2.45, 2.75) is 64.8 Å². The summed E-state index contributed by atoms with van der Waals surface area (Å²) < 4.78 is 17.6. The lowest BCUT2D eigenvalue weighted by atomic mass is 9.57. The molecule has 182 valence electrons. The van der Waals surface area contributed by atoms with Gasteiger partial charge in [-0.2, -0.15) is 0 Å². The van der Waals surface area contributed by atoms with Crippen LogP contribution in [0.1, 0.15) is 47.0 Å². The molecule has 0 spiro atoms. The lowest BCUT2D eigenvalue weighted by Crippen LogP contribution is -2.56. The van der Waals surface area contributed by atoms with Gasteiger partial charge in [0.05, 0.1) is 5.60 Å². The maximum atomic E-state index is 11.8. The zero-order valence-electron chi connectivity index (χ0n) is 20.6. The molecule has 4 rings (SSSR count). The Morgan fingerprint density at radius 1 is 1.30 bits per heavy atom. The highest BCUT2D eigenvalue weighted by Gasteiger charge is 2.52. The third-order valence-corrected chi connectivity index (χ3v) is 8.01. The van der Waals surface area contributed by atoms with E-state index in [1.165, 1.54) is 6.92 Å². The summed E-state index contributed by atoms with van der Waals surface area (Å²) in [5.41, 5.74) is 0.227. The summed E-state index contributed by atoms with van der Waals surface area (Å²) in [6.45, 7) is 10.2. The van der Waals surface area contributed by atoms with Gasteiger partial charge in [0.25, 0.3) is 0 Å². The Morgan fingerprint density at radius 3 is 2.76 bits per heavy atom. The molecular formula is C27H39NO5. The molecule has 1 aliphatic heterocycles. The predicted octanol–water partition coefficient (Wildman–Crippen LogP) is 4.07. The second-order valence-corrected chi connectivity index (χ2v) is 10.6. The Hall–Kier alpha value is -2.05. The van der Waals surface area contributed by atoms with E-state index in [4.69, 9.17) is 14.2 Å². The van der Waals surface area contributed by atoms with Crippen LogP contribution in [-0.2, 0) is 9.53 Å². The summed E-state index contributed by atoms with van der Waals surface area (Å²) in [6, 6.07) is 7.81. The number of nitrogens with zero attached hydrogens (tertiary/aromatic N) is 1. The van der Waals surface area contributed by atoms with E-state index in [0.717, 1.165) is 43.0 Å². The Morgan fingerprint density at radius 2 is 2.03 bits per heavy atom. The van der Waals surface area contributed by atoms with Crippen molar-refractivity contribution in [3.05, 3.63) is 35.9 Å². The first kappa shape index (κ1) is 24.1. The molecule has 1 saturated carbocycles. The molecule has 0 bridgehead atoms. The largest absolute Gasteiger partial charge is 0.486 e. The minimum Gasteiger partial charge on any atom is -0.486 e. The van der Waals surface area contributed by atoms with E-state index in [1.807, 2.05) is 31.2 Å². The quantitative estimate of drug-likeness (QED) is 0.513. The van der Waals surface area contributed by atoms with Gasteiger partial charge in [-0.25, -0.2) is 0 Å². The summed E-state index contributed by atoms with van der Waals surface area (Å²) in [6.07, 6.45) is 4.45. The summed E-state index contributed by atoms with van der Waals surface area (Å²) in [4.78, 5) is 13.9. The van der Waals surface area contributed by atoms with Crippen molar-refractivity contribution in [2.75, 3.05) is 26.7 Å². The number of para-hydroxylation sites is 2. The smallest absolute Gasteiger partial charge is 0.303 e. The molecule has 0 saturated heterocycles. The number of ether oxygens (including phenoxy) is 3. The fourth-order valence-corrected chi connectivity index (χ4v) is 6.20. The summed E-state index contributed by atoms with van der Waals surface area (Å²) in [7, 11) is 2.14. The van der Waals surface area contributed by atoms with Crippen LogP contribution in [0, 0.1) is 23.7 Å². The highest BCUT2D eigenvalue weighted by atomic mass is 16.6. The molecule has 6 nitrogen and oxygen atoms in total. The number of fused-ring (bicyclic) bond motifs is 2. The summed E-state index contributed by atoms with van der Waals surface area (Å²) >= 11 is 0. The van der Waals surface area contributed by atoms with Crippen molar-refractivity contribution >= 4 is 5.97 Å². The van der Waals surface area contributed by atoms with E-state index in [2.05, 4.69) is 31.9 Å². The van der Waals surface area contributed by atoms with Gasteiger partial charge in [-0.05, 0) is 62.3 Å². The van der Waals surface area contributed by atoms with Gasteiger partial charge in [-0.3, -0.25) is 4.79 Å². The molecule has 1 N–H and O–H groups in total. The number of likely N-dealkylation sites (N-methyl/N-ethyl adjacent to an activating group) is 1. The third-order valence-electron chi connectivity index (χ3n) is 8.01. The Labute approximate surface area is 197 Å². The molecule has 0 aromatic heterocycles. The lowest BCUT2D eigenvalue weighted by Gasteiger charge is -2.53. The summed E-state index contributed by atoms with van der Waals surface area (Å²) in [5.74, 6) is 2.38. The molecule has 1 unspecified atom stereocenters. The van der Waals surface area contributed by atoms with E-state index in [-0.39, 0.29) is 30.0 Å². The molecule has 6 heteroatoms. The van der Waals surface area contributed by atoms with Crippen LogP contribution in [-0.4, -0.2) is 60.5 Å². The molecule has 1 heterocycles. The van der Waals surface area contributed by atoms with Gasteiger partial charge >= 0.3 is 5.97 Å². The van der Waals surface area contributed by atoms with Gasteiger partial charge in [0.15, 0.2) is 11.5 Å². The first-order valence-corrected chi connectivity index (χ1v) is 12.3. The van der Waals surface area contributed by atoms with Gasteiger partial charge in [-0.1, -0.05) is 32.1 Å². The highest BCUT2D eigenvalue weighted by molar-refractivity contribution is 5.66. The van der Waals surface area contributed by atoms with E-state index in [1.54, 1.807) is 0 Å². The van der Waals surface area contributed by atoms with Crippen LogP contribution in [0.25, 0.3) is 0 Å². The van der Waals surface area contributed by atoms with Gasteiger partial charge in [-0.15, -0.1) is 0 Å². The number of hydrogen-bond acceptors (Lipinski definition) is 6. The van der Waals surface area contributed by atoms with Crippen molar-refractivity contribution in [1.82, 2.24) is 4.90 Å². The van der Waals surface area contributed by atoms with Crippen LogP contribution in [0.2, 0.25) is 0 Å². The molecule has 1 aromatic rings. The second-order valence-electron chi connectivity index (χ2n) is 10.6. The van der Waals surface area contributed by atoms with Crippen molar-refractivity contribution in [3.8, 4) is 11.5 Å². The number of benzene rings is 1. The van der Waals surface area contributed by atoms with Crippen LogP contribution in [0.15, 0.2) is 35.9 Å². The highest BCUT2D eigenvalue weighted by Crippen LogP contribution is 2.51. The number of hydrogen-bond donors (Lipinski definition) is 1. The fraction of sp³-hybridized carbons (Fsp3) is 0.667. The zero-order chi connectivity index (χ0) is 23.8. The number of esters is 1. The van der Waals surface area contributed by atoms with Crippen LogP contribution in [0.3, 0.4) is 0 Å². The minimum atomic E-state index is -0.834. The number of carbonyl (C=O) groups excluding carboxylic acids is 1. The monoisotopic (exact) mass is 457 g/mol. The molecular weight excluding hydrogens is 418 g/mol. The SMILES string of the molecule is CC(=O)O[C@@H]1C[C@@]2(O)[C@H](C)CC[C@@H]([C@H](C)CN(C)CC3COc4ccccc4O3)[C@H]2C=C1C. The third kappa shape index (κ3) is 5.07. The van der Waals surface area contributed by atoms with Crippen LogP contribution < -0.4 is 9.47 Å². The van der Waals surface area contributed by atoms with Crippen molar-refractivity contribution in [3.63, 3.8) is 0 Å². The van der Waals surface area contributed by atoms with Crippen molar-refractivity contribution in [1.29, 1.82) is 0 Å². The minimum absolute atomic E-state index is 0.00159. The number of aliphatic hydroxyl groups is 1. The summed E-state index contributed by atoms with van der Waals surface area (Å²) in [5, 5.41) is 11.8. The Balaban J connectivity index is 1.41. The zero-order valence-corrected chi connectivity index (χ0v) is 20.6. The first-order valence-electron chi connectivity index (χ1n) is 12.3. The standard InChI is InChI=1S/C27H39NO5/c1-17-12-23-22(11-10-19(3)27(23,30)13-26(17)32-20(4)29)18(2)14-28(5)15-21-16-31-24-8-6-7-9-25(24)33-21/h6-9,12,18-19,21-23,26,30H,10-11,13-16H2,1-5H3/t18-,19-,21?,22+,23-,26-,27-/m1/s1. The molecule has 33 heavy (non-hydrogen) atoms.